The van der Waals surface area contributed by atoms with Crippen LogP contribution in [0.15, 0.2) is 22.3 Å². The van der Waals surface area contributed by atoms with Crippen LogP contribution >= 0.6 is 11.3 Å². The second-order valence-corrected chi connectivity index (χ2v) is 11.4. The molecular formula is C23H30N4O2S. The number of thiophene rings is 1. The average Bonchev–Trinajstić information content (AvgIpc) is 3.27. The van der Waals surface area contributed by atoms with Crippen molar-refractivity contribution in [1.82, 2.24) is 19.7 Å². The van der Waals surface area contributed by atoms with Crippen LogP contribution < -0.4 is 11.0 Å². The number of rotatable bonds is 6. The largest absolute Gasteiger partial charge is 0.351 e. The fourth-order valence-electron chi connectivity index (χ4n) is 7.04. The summed E-state index contributed by atoms with van der Waals surface area (Å²) in [5.74, 6) is 3.21. The normalized spacial score (nSPS) is 33.0. The topological polar surface area (TPSA) is 68.9 Å². The summed E-state index contributed by atoms with van der Waals surface area (Å²) in [7, 11) is 0. The summed E-state index contributed by atoms with van der Waals surface area (Å²) >= 11 is 1.58. The van der Waals surface area contributed by atoms with Gasteiger partial charge in [0, 0.05) is 12.1 Å². The molecule has 0 aliphatic heterocycles. The molecule has 0 radical (unpaired) electrons. The lowest BCUT2D eigenvalue weighted by atomic mass is 9.48. The van der Waals surface area contributed by atoms with E-state index in [9.17, 15) is 9.59 Å². The molecule has 7 rings (SSSR count). The number of nitrogens with zero attached hydrogens (tertiary/aromatic N) is 3. The third kappa shape index (κ3) is 3.08. The van der Waals surface area contributed by atoms with E-state index in [0.29, 0.717) is 5.82 Å². The van der Waals surface area contributed by atoms with Crippen molar-refractivity contribution < 1.29 is 4.79 Å². The Labute approximate surface area is 180 Å². The maximum atomic E-state index is 13.0. The summed E-state index contributed by atoms with van der Waals surface area (Å²) in [5, 5.41) is 9.84. The van der Waals surface area contributed by atoms with Crippen LogP contribution in [0.4, 0.5) is 0 Å². The number of hydrogen-bond donors (Lipinski definition) is 1. The van der Waals surface area contributed by atoms with Gasteiger partial charge in [-0.15, -0.1) is 16.4 Å². The van der Waals surface area contributed by atoms with E-state index in [1.807, 2.05) is 17.5 Å². The molecule has 2 aromatic rings. The molecule has 6 nitrogen and oxygen atoms in total. The van der Waals surface area contributed by atoms with Crippen LogP contribution in [0.3, 0.4) is 0 Å². The van der Waals surface area contributed by atoms with Gasteiger partial charge in [0.25, 0.3) is 0 Å². The van der Waals surface area contributed by atoms with Gasteiger partial charge >= 0.3 is 5.69 Å². The Balaban J connectivity index is 1.20. The molecule has 4 bridgehead atoms. The summed E-state index contributed by atoms with van der Waals surface area (Å²) in [5.41, 5.74) is 0.115. The zero-order valence-corrected chi connectivity index (χ0v) is 18.4. The smallest absolute Gasteiger partial charge is 0.346 e. The predicted molar refractivity (Wildman–Crippen MR) is 116 cm³/mol. The van der Waals surface area contributed by atoms with Crippen molar-refractivity contribution >= 4 is 17.2 Å². The highest BCUT2D eigenvalue weighted by molar-refractivity contribution is 7.13. The van der Waals surface area contributed by atoms with Gasteiger partial charge in [0.05, 0.1) is 4.88 Å². The lowest BCUT2D eigenvalue weighted by molar-refractivity contribution is -0.126. The second-order valence-electron chi connectivity index (χ2n) is 10.4. The second kappa shape index (κ2) is 6.81. The van der Waals surface area contributed by atoms with E-state index in [1.54, 1.807) is 15.9 Å². The summed E-state index contributed by atoms with van der Waals surface area (Å²) in [4.78, 5) is 26.9. The Morgan fingerprint density at radius 2 is 1.90 bits per heavy atom. The van der Waals surface area contributed by atoms with E-state index in [4.69, 9.17) is 0 Å². The zero-order chi connectivity index (χ0) is 20.5. The standard InChI is InChI=1S/C23H30N4O2S/c1-14(23-10-15-7-16(11-23)9-17(8-15)12-23)24-20(28)13-26-22(29)27(18-4-5-18)21(25-26)19-3-2-6-30-19/h2-3,6,14-18H,4-5,7-13H2,1H3,(H,24,28). The fourth-order valence-corrected chi connectivity index (χ4v) is 7.75. The zero-order valence-electron chi connectivity index (χ0n) is 17.5. The van der Waals surface area contributed by atoms with Gasteiger partial charge in [-0.2, -0.15) is 0 Å². The molecule has 30 heavy (non-hydrogen) atoms. The minimum Gasteiger partial charge on any atom is -0.351 e. The maximum Gasteiger partial charge on any atom is 0.346 e. The van der Waals surface area contributed by atoms with Crippen molar-refractivity contribution in [3.8, 4) is 10.7 Å². The van der Waals surface area contributed by atoms with Crippen molar-refractivity contribution in [2.24, 2.45) is 23.2 Å². The Morgan fingerprint density at radius 3 is 2.47 bits per heavy atom. The van der Waals surface area contributed by atoms with E-state index in [1.165, 1.54) is 43.2 Å². The molecular weight excluding hydrogens is 396 g/mol. The molecule has 0 aromatic carbocycles. The number of amides is 1. The number of nitrogens with one attached hydrogen (secondary N) is 1. The SMILES string of the molecule is CC(NC(=O)Cn1nc(-c2cccs2)n(C2CC2)c1=O)C12CC3CC(CC(C3)C1)C2. The van der Waals surface area contributed by atoms with Crippen molar-refractivity contribution in [2.75, 3.05) is 0 Å². The average molecular weight is 427 g/mol. The highest BCUT2D eigenvalue weighted by atomic mass is 32.1. The maximum absolute atomic E-state index is 13.0. The lowest BCUT2D eigenvalue weighted by Gasteiger charge is -2.59. The first-order valence-corrected chi connectivity index (χ1v) is 12.4. The molecule has 0 saturated heterocycles. The van der Waals surface area contributed by atoms with Crippen LogP contribution in [0.5, 0.6) is 0 Å². The molecule has 5 fully saturated rings. The van der Waals surface area contributed by atoms with E-state index in [0.717, 1.165) is 35.5 Å². The Kier molecular flexibility index (Phi) is 4.28. The quantitative estimate of drug-likeness (QED) is 0.763. The van der Waals surface area contributed by atoms with Gasteiger partial charge in [-0.05, 0) is 92.9 Å². The minimum atomic E-state index is -0.154. The van der Waals surface area contributed by atoms with Crippen molar-refractivity contribution in [3.05, 3.63) is 28.0 Å². The minimum absolute atomic E-state index is 0.00757. The first-order chi connectivity index (χ1) is 14.5. The monoisotopic (exact) mass is 426 g/mol. The first-order valence-electron chi connectivity index (χ1n) is 11.5. The van der Waals surface area contributed by atoms with Crippen molar-refractivity contribution in [3.63, 3.8) is 0 Å². The van der Waals surface area contributed by atoms with Crippen molar-refractivity contribution in [1.29, 1.82) is 0 Å². The van der Waals surface area contributed by atoms with Crippen LogP contribution in [0.1, 0.15) is 64.3 Å². The van der Waals surface area contributed by atoms with Gasteiger partial charge in [0.1, 0.15) is 6.54 Å². The molecule has 5 aliphatic carbocycles. The van der Waals surface area contributed by atoms with Crippen LogP contribution in [-0.4, -0.2) is 26.3 Å². The van der Waals surface area contributed by atoms with E-state index < -0.39 is 0 Å². The van der Waals surface area contributed by atoms with Crippen LogP contribution in [0, 0.1) is 23.2 Å². The van der Waals surface area contributed by atoms with Gasteiger partial charge in [-0.3, -0.25) is 9.36 Å². The fraction of sp³-hybridized carbons (Fsp3) is 0.696. The summed E-state index contributed by atoms with van der Waals surface area (Å²) < 4.78 is 3.16. The van der Waals surface area contributed by atoms with Gasteiger partial charge in [-0.1, -0.05) is 6.07 Å². The third-order valence-electron chi connectivity index (χ3n) is 8.20. The van der Waals surface area contributed by atoms with Gasteiger partial charge in [0.15, 0.2) is 5.82 Å². The number of carbonyl (C=O) groups is 1. The van der Waals surface area contributed by atoms with Crippen molar-refractivity contribution in [2.45, 2.75) is 76.9 Å². The molecule has 2 aromatic heterocycles. The van der Waals surface area contributed by atoms with Crippen LogP contribution in [-0.2, 0) is 11.3 Å². The molecule has 5 aliphatic rings. The van der Waals surface area contributed by atoms with E-state index in [-0.39, 0.29) is 35.6 Å². The van der Waals surface area contributed by atoms with Gasteiger partial charge in [-0.25, -0.2) is 9.48 Å². The van der Waals surface area contributed by atoms with Crippen LogP contribution in [0.25, 0.3) is 10.7 Å². The molecule has 1 N–H and O–H groups in total. The van der Waals surface area contributed by atoms with E-state index >= 15 is 0 Å². The first kappa shape index (κ1) is 18.8. The molecule has 5 saturated carbocycles. The molecule has 1 unspecified atom stereocenters. The highest BCUT2D eigenvalue weighted by Gasteiger charge is 2.53. The molecule has 160 valence electrons. The molecule has 1 atom stereocenters. The highest BCUT2D eigenvalue weighted by Crippen LogP contribution is 2.61. The Hall–Kier alpha value is -1.89. The summed E-state index contributed by atoms with van der Waals surface area (Å²) in [6, 6.07) is 4.36. The third-order valence-corrected chi connectivity index (χ3v) is 9.06. The molecule has 7 heteroatoms. The molecule has 2 heterocycles. The van der Waals surface area contributed by atoms with Gasteiger partial charge in [0.2, 0.25) is 5.91 Å². The summed E-state index contributed by atoms with van der Waals surface area (Å²) in [6.07, 6.45) is 10.0. The number of hydrogen-bond acceptors (Lipinski definition) is 4. The molecule has 0 spiro atoms. The number of aromatic nitrogens is 3. The molecule has 1 amide bonds. The number of carbonyl (C=O) groups excluding carboxylic acids is 1. The van der Waals surface area contributed by atoms with Crippen LogP contribution in [0.2, 0.25) is 0 Å². The predicted octanol–water partition coefficient (Wildman–Crippen LogP) is 3.83. The Bertz CT molecular complexity index is 981. The lowest BCUT2D eigenvalue weighted by Crippen LogP contribution is -2.56. The summed E-state index contributed by atoms with van der Waals surface area (Å²) in [6.45, 7) is 2.20. The van der Waals surface area contributed by atoms with E-state index in [2.05, 4.69) is 17.3 Å². The van der Waals surface area contributed by atoms with Gasteiger partial charge < -0.3 is 5.32 Å². The Morgan fingerprint density at radius 1 is 1.23 bits per heavy atom.